The number of nitro groups is 2. The molecular formula is C22H16N2O6. The summed E-state index contributed by atoms with van der Waals surface area (Å²) in [5.74, 6) is 1.11. The van der Waals surface area contributed by atoms with Crippen molar-refractivity contribution in [3.05, 3.63) is 80.9 Å². The number of benzene rings is 4. The van der Waals surface area contributed by atoms with Crippen molar-refractivity contribution < 1.29 is 19.3 Å². The molecule has 150 valence electrons. The zero-order valence-electron chi connectivity index (χ0n) is 16.1. The van der Waals surface area contributed by atoms with Crippen molar-refractivity contribution in [1.82, 2.24) is 0 Å². The van der Waals surface area contributed by atoms with Gasteiger partial charge < -0.3 is 9.47 Å². The zero-order chi connectivity index (χ0) is 21.4. The summed E-state index contributed by atoms with van der Waals surface area (Å²) < 4.78 is 11.2. The van der Waals surface area contributed by atoms with Crippen LogP contribution in [0.5, 0.6) is 11.5 Å². The Bertz CT molecular complexity index is 1230. The molecule has 0 saturated carbocycles. The van der Waals surface area contributed by atoms with Crippen LogP contribution in [0.3, 0.4) is 0 Å². The average Bonchev–Trinajstić information content (AvgIpc) is 2.76. The van der Waals surface area contributed by atoms with Crippen LogP contribution in [0.2, 0.25) is 0 Å². The van der Waals surface area contributed by atoms with E-state index in [1.165, 1.54) is 24.3 Å². The minimum Gasteiger partial charge on any atom is -0.496 e. The van der Waals surface area contributed by atoms with E-state index >= 15 is 0 Å². The molecule has 0 aromatic heterocycles. The Labute approximate surface area is 170 Å². The van der Waals surface area contributed by atoms with Crippen LogP contribution in [0, 0.1) is 20.2 Å². The minimum absolute atomic E-state index is 0.0147. The topological polar surface area (TPSA) is 105 Å². The predicted octanol–water partition coefficient (Wildman–Crippen LogP) is 5.49. The smallest absolute Gasteiger partial charge is 0.270 e. The van der Waals surface area contributed by atoms with Gasteiger partial charge in [-0.1, -0.05) is 12.1 Å². The first kappa shape index (κ1) is 19.1. The van der Waals surface area contributed by atoms with E-state index in [1.807, 2.05) is 0 Å². The summed E-state index contributed by atoms with van der Waals surface area (Å²) in [6, 6.07) is 16.2. The van der Waals surface area contributed by atoms with Gasteiger partial charge in [-0.3, -0.25) is 20.2 Å². The van der Waals surface area contributed by atoms with Crippen molar-refractivity contribution in [3.8, 4) is 22.6 Å². The van der Waals surface area contributed by atoms with Gasteiger partial charge in [-0.05, 0) is 45.8 Å². The molecule has 4 aromatic rings. The molecule has 0 amide bonds. The number of non-ortho nitro benzene ring substituents is 2. The molecule has 0 fully saturated rings. The fourth-order valence-electron chi connectivity index (χ4n) is 3.68. The molecule has 0 bridgehead atoms. The number of nitro benzene ring substituents is 2. The van der Waals surface area contributed by atoms with Crippen molar-refractivity contribution in [2.45, 2.75) is 0 Å². The maximum Gasteiger partial charge on any atom is 0.270 e. The van der Waals surface area contributed by atoms with E-state index in [9.17, 15) is 20.2 Å². The fourth-order valence-corrected chi connectivity index (χ4v) is 3.68. The molecule has 0 radical (unpaired) electrons. The summed E-state index contributed by atoms with van der Waals surface area (Å²) in [6.07, 6.45) is 0. The lowest BCUT2D eigenvalue weighted by Gasteiger charge is -2.17. The molecule has 0 unspecified atom stereocenters. The first-order valence-electron chi connectivity index (χ1n) is 8.95. The van der Waals surface area contributed by atoms with E-state index in [1.54, 1.807) is 50.6 Å². The van der Waals surface area contributed by atoms with Crippen LogP contribution < -0.4 is 9.47 Å². The molecule has 0 N–H and O–H groups in total. The minimum atomic E-state index is -0.443. The fraction of sp³-hybridized carbons (Fsp3) is 0.0909. The maximum absolute atomic E-state index is 11.2. The Morgan fingerprint density at radius 2 is 1.03 bits per heavy atom. The highest BCUT2D eigenvalue weighted by atomic mass is 16.6. The lowest BCUT2D eigenvalue weighted by Crippen LogP contribution is -1.96. The van der Waals surface area contributed by atoms with Gasteiger partial charge in [-0.2, -0.15) is 0 Å². The van der Waals surface area contributed by atoms with Crippen LogP contribution in [0.4, 0.5) is 11.4 Å². The van der Waals surface area contributed by atoms with Gasteiger partial charge in [0.1, 0.15) is 11.5 Å². The van der Waals surface area contributed by atoms with Gasteiger partial charge in [0.15, 0.2) is 0 Å². The first-order chi connectivity index (χ1) is 14.4. The summed E-state index contributed by atoms with van der Waals surface area (Å²) in [5, 5.41) is 25.2. The molecular weight excluding hydrogens is 388 g/mol. The third-order valence-electron chi connectivity index (χ3n) is 5.04. The second-order valence-electron chi connectivity index (χ2n) is 6.61. The first-order valence-corrected chi connectivity index (χ1v) is 8.95. The van der Waals surface area contributed by atoms with Crippen LogP contribution in [0.15, 0.2) is 60.7 Å². The second-order valence-corrected chi connectivity index (χ2v) is 6.61. The molecule has 8 nitrogen and oxygen atoms in total. The van der Waals surface area contributed by atoms with E-state index in [2.05, 4.69) is 0 Å². The van der Waals surface area contributed by atoms with Crippen LogP contribution in [0.1, 0.15) is 0 Å². The van der Waals surface area contributed by atoms with Crippen molar-refractivity contribution in [2.24, 2.45) is 0 Å². The van der Waals surface area contributed by atoms with Crippen LogP contribution >= 0.6 is 0 Å². The number of ether oxygens (including phenoxy) is 2. The Morgan fingerprint density at radius 3 is 1.37 bits per heavy atom. The molecule has 0 atom stereocenters. The molecule has 0 aliphatic carbocycles. The number of hydrogen-bond acceptors (Lipinski definition) is 6. The molecule has 0 aliphatic rings. The third-order valence-corrected chi connectivity index (χ3v) is 5.04. The molecule has 8 heteroatoms. The van der Waals surface area contributed by atoms with E-state index in [4.69, 9.17) is 9.47 Å². The molecule has 0 spiro atoms. The van der Waals surface area contributed by atoms with E-state index in [0.29, 0.717) is 33.4 Å². The highest BCUT2D eigenvalue weighted by molar-refractivity contribution is 6.10. The Balaban J connectivity index is 2.12. The van der Waals surface area contributed by atoms with Gasteiger partial charge in [0.25, 0.3) is 11.4 Å². The largest absolute Gasteiger partial charge is 0.496 e. The van der Waals surface area contributed by atoms with Crippen molar-refractivity contribution in [3.63, 3.8) is 0 Å². The molecule has 4 aromatic carbocycles. The highest BCUT2D eigenvalue weighted by Crippen LogP contribution is 2.46. The number of methoxy groups -OCH3 is 2. The Kier molecular flexibility index (Phi) is 4.67. The molecule has 0 heterocycles. The molecule has 30 heavy (non-hydrogen) atoms. The number of hydrogen-bond donors (Lipinski definition) is 0. The summed E-state index contributed by atoms with van der Waals surface area (Å²) in [5.41, 5.74) is 1.36. The Hall–Kier alpha value is -4.20. The summed E-state index contributed by atoms with van der Waals surface area (Å²) in [6.45, 7) is 0. The van der Waals surface area contributed by atoms with Crippen LogP contribution in [-0.4, -0.2) is 24.1 Å². The van der Waals surface area contributed by atoms with Gasteiger partial charge in [0.05, 0.1) is 24.1 Å². The monoisotopic (exact) mass is 404 g/mol. The maximum atomic E-state index is 11.2. The van der Waals surface area contributed by atoms with Crippen LogP contribution in [-0.2, 0) is 0 Å². The van der Waals surface area contributed by atoms with E-state index in [-0.39, 0.29) is 11.4 Å². The normalized spacial score (nSPS) is 10.9. The molecule has 0 saturated heterocycles. The lowest BCUT2D eigenvalue weighted by atomic mass is 9.92. The standard InChI is InChI=1S/C22H16N2O6/c1-29-19-9-3-13-11-15(23(25)26)5-7-17(13)21(19)22-18-8-6-16(24(27)28)12-14(18)4-10-20(22)30-2/h3-12H,1-2H3. The van der Waals surface area contributed by atoms with E-state index < -0.39 is 9.85 Å². The molecule has 4 rings (SSSR count). The third kappa shape index (κ3) is 3.04. The van der Waals surface area contributed by atoms with Crippen molar-refractivity contribution in [1.29, 1.82) is 0 Å². The van der Waals surface area contributed by atoms with Crippen molar-refractivity contribution in [2.75, 3.05) is 14.2 Å². The number of nitrogens with zero attached hydrogens (tertiary/aromatic N) is 2. The van der Waals surface area contributed by atoms with Gasteiger partial charge in [0, 0.05) is 35.4 Å². The summed E-state index contributed by atoms with van der Waals surface area (Å²) >= 11 is 0. The predicted molar refractivity (Wildman–Crippen MR) is 113 cm³/mol. The van der Waals surface area contributed by atoms with Gasteiger partial charge in [-0.15, -0.1) is 0 Å². The van der Waals surface area contributed by atoms with E-state index in [0.717, 1.165) is 10.8 Å². The second kappa shape index (κ2) is 7.32. The zero-order valence-corrected chi connectivity index (χ0v) is 16.1. The quantitative estimate of drug-likeness (QED) is 0.321. The SMILES string of the molecule is COc1ccc2cc([N+](=O)[O-])ccc2c1-c1c(OC)ccc2cc([N+](=O)[O-])ccc12. The van der Waals surface area contributed by atoms with Gasteiger partial charge in [-0.25, -0.2) is 0 Å². The summed E-state index contributed by atoms with van der Waals surface area (Å²) in [4.78, 5) is 21.5. The molecule has 0 aliphatic heterocycles. The lowest BCUT2D eigenvalue weighted by molar-refractivity contribution is -0.384. The van der Waals surface area contributed by atoms with Crippen LogP contribution in [0.25, 0.3) is 32.7 Å². The average molecular weight is 404 g/mol. The number of rotatable bonds is 5. The summed E-state index contributed by atoms with van der Waals surface area (Å²) in [7, 11) is 3.08. The van der Waals surface area contributed by atoms with Crippen molar-refractivity contribution >= 4 is 32.9 Å². The number of fused-ring (bicyclic) bond motifs is 2. The highest BCUT2D eigenvalue weighted by Gasteiger charge is 2.20. The Morgan fingerprint density at radius 1 is 0.633 bits per heavy atom. The van der Waals surface area contributed by atoms with Gasteiger partial charge >= 0.3 is 0 Å². The van der Waals surface area contributed by atoms with Gasteiger partial charge in [0.2, 0.25) is 0 Å².